The third kappa shape index (κ3) is 2.00. The van der Waals surface area contributed by atoms with Gasteiger partial charge in [0.15, 0.2) is 0 Å². The molecule has 4 atom stereocenters. The topological polar surface area (TPSA) is 40.5 Å². The summed E-state index contributed by atoms with van der Waals surface area (Å²) in [5.41, 5.74) is -2.53. The molecule has 2 nitrogen and oxygen atoms in total. The predicted molar refractivity (Wildman–Crippen MR) is 90.3 cm³/mol. The van der Waals surface area contributed by atoms with Gasteiger partial charge >= 0.3 is 0 Å². The van der Waals surface area contributed by atoms with Gasteiger partial charge in [-0.3, -0.25) is 0 Å². The van der Waals surface area contributed by atoms with Gasteiger partial charge in [0.05, 0.1) is 11.2 Å². The van der Waals surface area contributed by atoms with Crippen LogP contribution in [0.2, 0.25) is 0 Å². The van der Waals surface area contributed by atoms with Gasteiger partial charge in [0.25, 0.3) is 0 Å². The van der Waals surface area contributed by atoms with Crippen LogP contribution in [0.25, 0.3) is 0 Å². The van der Waals surface area contributed by atoms with Gasteiger partial charge in [-0.2, -0.15) is 0 Å². The summed E-state index contributed by atoms with van der Waals surface area (Å²) in [4.78, 5) is 0. The lowest BCUT2D eigenvalue weighted by atomic mass is 9.48. The molecule has 0 aromatic heterocycles. The number of rotatable bonds is 2. The molecule has 3 aliphatic rings. The minimum Gasteiger partial charge on any atom is -0.384 e. The Labute approximate surface area is 133 Å². The molecule has 0 amide bonds. The Morgan fingerprint density at radius 2 is 1.18 bits per heavy atom. The Bertz CT molecular complexity index is 494. The number of allylic oxidation sites excluding steroid dienone is 4. The molecule has 0 aliphatic heterocycles. The first kappa shape index (κ1) is 15.8. The van der Waals surface area contributed by atoms with E-state index in [1.54, 1.807) is 0 Å². The lowest BCUT2D eigenvalue weighted by Crippen LogP contribution is -2.66. The zero-order valence-electron chi connectivity index (χ0n) is 13.7. The molecule has 2 heteroatoms. The molecular weight excluding hydrogens is 272 g/mol. The summed E-state index contributed by atoms with van der Waals surface area (Å²) in [5.74, 6) is 0.0114. The maximum Gasteiger partial charge on any atom is 0.0977 e. The number of hydrogen-bond acceptors (Lipinski definition) is 2. The fraction of sp³-hybridized carbons (Fsp3) is 0.600. The summed E-state index contributed by atoms with van der Waals surface area (Å²) < 4.78 is 0. The average molecular weight is 300 g/mol. The van der Waals surface area contributed by atoms with E-state index < -0.39 is 16.6 Å². The Morgan fingerprint density at radius 1 is 0.727 bits per heavy atom. The fourth-order valence-corrected chi connectivity index (χ4v) is 4.93. The lowest BCUT2D eigenvalue weighted by Gasteiger charge is -2.60. The van der Waals surface area contributed by atoms with Gasteiger partial charge in [-0.05, 0) is 12.8 Å². The highest BCUT2D eigenvalue weighted by Crippen LogP contribution is 2.59. The van der Waals surface area contributed by atoms with Crippen LogP contribution in [0.4, 0.5) is 0 Å². The Hall–Kier alpha value is -1.12. The molecule has 3 aliphatic carbocycles. The fourth-order valence-electron chi connectivity index (χ4n) is 4.93. The molecule has 0 spiro atoms. The number of hydrogen-bond donors (Lipinski definition) is 2. The van der Waals surface area contributed by atoms with E-state index in [-0.39, 0.29) is 11.8 Å². The Morgan fingerprint density at radius 3 is 1.59 bits per heavy atom. The molecule has 1 saturated carbocycles. The molecule has 0 unspecified atom stereocenters. The first-order valence-electron chi connectivity index (χ1n) is 8.63. The molecular formula is C20H28O2. The van der Waals surface area contributed by atoms with E-state index >= 15 is 0 Å². The van der Waals surface area contributed by atoms with Gasteiger partial charge in [0.2, 0.25) is 0 Å². The molecule has 1 fully saturated rings. The van der Waals surface area contributed by atoms with Crippen molar-refractivity contribution in [1.82, 2.24) is 0 Å². The molecule has 0 saturated heterocycles. The molecule has 120 valence electrons. The second-order valence-electron chi connectivity index (χ2n) is 7.36. The molecule has 0 aromatic carbocycles. The van der Waals surface area contributed by atoms with Crippen LogP contribution < -0.4 is 0 Å². The molecule has 0 radical (unpaired) electrons. The monoisotopic (exact) mass is 300 g/mol. The van der Waals surface area contributed by atoms with E-state index in [0.717, 1.165) is 25.7 Å². The summed E-state index contributed by atoms with van der Waals surface area (Å²) in [5, 5.41) is 23.4. The van der Waals surface area contributed by atoms with Gasteiger partial charge in [0.1, 0.15) is 0 Å². The molecule has 22 heavy (non-hydrogen) atoms. The molecule has 2 N–H and O–H groups in total. The quantitative estimate of drug-likeness (QED) is 0.811. The van der Waals surface area contributed by atoms with Crippen LogP contribution in [0.5, 0.6) is 0 Å². The Balaban J connectivity index is 2.13. The van der Waals surface area contributed by atoms with Crippen molar-refractivity contribution in [2.75, 3.05) is 0 Å². The highest BCUT2D eigenvalue weighted by atomic mass is 16.3. The van der Waals surface area contributed by atoms with E-state index in [1.165, 1.54) is 6.42 Å². The van der Waals surface area contributed by atoms with Crippen molar-refractivity contribution in [3.63, 3.8) is 0 Å². The van der Waals surface area contributed by atoms with Crippen molar-refractivity contribution in [1.29, 1.82) is 0 Å². The average Bonchev–Trinajstić information content (AvgIpc) is 2.54. The smallest absolute Gasteiger partial charge is 0.0977 e. The minimum atomic E-state index is -0.999. The standard InChI is InChI=1S/C20H28O2/c1-16-10-4-8-14-19(16,21)18(12-6-3-7-13-18)20(22)15-9-5-11-17(20)2/h4-5,8-11,14-17,21-22H,3,6-7,12-13H2,1-2H3/t16-,17+,19-,20+. The predicted octanol–water partition coefficient (Wildman–Crippen LogP) is 3.92. The van der Waals surface area contributed by atoms with E-state index in [2.05, 4.69) is 26.0 Å². The summed E-state index contributed by atoms with van der Waals surface area (Å²) in [6.07, 6.45) is 20.9. The highest BCUT2D eigenvalue weighted by molar-refractivity contribution is 5.34. The summed E-state index contributed by atoms with van der Waals surface area (Å²) in [7, 11) is 0. The van der Waals surface area contributed by atoms with Crippen LogP contribution in [-0.2, 0) is 0 Å². The maximum absolute atomic E-state index is 11.7. The van der Waals surface area contributed by atoms with Crippen LogP contribution in [0.1, 0.15) is 46.0 Å². The third-order valence-electron chi connectivity index (χ3n) is 6.35. The van der Waals surface area contributed by atoms with Crippen LogP contribution in [0.3, 0.4) is 0 Å². The van der Waals surface area contributed by atoms with E-state index in [0.29, 0.717) is 0 Å². The molecule has 0 bridgehead atoms. The van der Waals surface area contributed by atoms with Crippen LogP contribution >= 0.6 is 0 Å². The van der Waals surface area contributed by atoms with Crippen molar-refractivity contribution in [2.45, 2.75) is 57.2 Å². The second kappa shape index (κ2) is 5.50. The van der Waals surface area contributed by atoms with Gasteiger partial charge in [-0.1, -0.05) is 81.7 Å². The third-order valence-corrected chi connectivity index (χ3v) is 6.35. The van der Waals surface area contributed by atoms with Crippen molar-refractivity contribution in [3.05, 3.63) is 48.6 Å². The zero-order chi connectivity index (χ0) is 15.8. The maximum atomic E-state index is 11.7. The number of aliphatic hydroxyl groups is 2. The van der Waals surface area contributed by atoms with E-state index in [9.17, 15) is 10.2 Å². The molecule has 3 rings (SSSR count). The van der Waals surface area contributed by atoms with E-state index in [1.807, 2.05) is 36.5 Å². The first-order chi connectivity index (χ1) is 10.5. The second-order valence-corrected chi connectivity index (χ2v) is 7.36. The van der Waals surface area contributed by atoms with Crippen molar-refractivity contribution in [3.8, 4) is 0 Å². The first-order valence-corrected chi connectivity index (χ1v) is 8.63. The molecule has 0 aromatic rings. The summed E-state index contributed by atoms with van der Waals surface area (Å²) >= 11 is 0. The van der Waals surface area contributed by atoms with Crippen molar-refractivity contribution < 1.29 is 10.2 Å². The summed E-state index contributed by atoms with van der Waals surface area (Å²) in [6, 6.07) is 0. The zero-order valence-corrected chi connectivity index (χ0v) is 13.7. The largest absolute Gasteiger partial charge is 0.384 e. The van der Waals surface area contributed by atoms with Crippen LogP contribution in [-0.4, -0.2) is 21.4 Å². The van der Waals surface area contributed by atoms with Crippen molar-refractivity contribution >= 4 is 0 Å². The highest BCUT2D eigenvalue weighted by Gasteiger charge is 2.63. The van der Waals surface area contributed by atoms with E-state index in [4.69, 9.17) is 0 Å². The van der Waals surface area contributed by atoms with Gasteiger partial charge in [0, 0.05) is 17.3 Å². The summed E-state index contributed by atoms with van der Waals surface area (Å²) in [6.45, 7) is 4.12. The van der Waals surface area contributed by atoms with Crippen LogP contribution in [0, 0.1) is 17.3 Å². The Kier molecular flexibility index (Phi) is 3.94. The minimum absolute atomic E-state index is 0.00568. The van der Waals surface area contributed by atoms with Crippen molar-refractivity contribution in [2.24, 2.45) is 17.3 Å². The van der Waals surface area contributed by atoms with Crippen LogP contribution in [0.15, 0.2) is 48.6 Å². The normalized spacial score (nSPS) is 43.5. The van der Waals surface area contributed by atoms with Gasteiger partial charge in [-0.15, -0.1) is 0 Å². The lowest BCUT2D eigenvalue weighted by molar-refractivity contribution is -0.197. The molecule has 0 heterocycles. The van der Waals surface area contributed by atoms with Gasteiger partial charge < -0.3 is 10.2 Å². The SMILES string of the molecule is C[C@@H]1C=CC=C[C@]1(O)C1([C@]2(O)C=CC=C[C@@H]2C)CCCCC1. The van der Waals surface area contributed by atoms with Gasteiger partial charge in [-0.25, -0.2) is 0 Å².